The second-order valence-electron chi connectivity index (χ2n) is 1.73. The quantitative estimate of drug-likeness (QED) is 0.362. The molecule has 0 aromatic carbocycles. The van der Waals surface area contributed by atoms with Gasteiger partial charge in [0, 0.05) is 7.05 Å². The van der Waals surface area contributed by atoms with Crippen molar-refractivity contribution in [1.82, 2.24) is 5.43 Å². The monoisotopic (exact) mass is 142 g/mol. The first-order chi connectivity index (χ1) is 4.85. The summed E-state index contributed by atoms with van der Waals surface area (Å²) < 4.78 is 5.15. The Kier molecular flexibility index (Phi) is 5.53. The molecule has 0 fully saturated rings. The smallest absolute Gasteiger partial charge is 0.229 e. The normalized spacial score (nSPS) is 10.8. The fraction of sp³-hybridized carbons (Fsp3) is 0.571. The second-order valence-corrected chi connectivity index (χ2v) is 1.73. The highest BCUT2D eigenvalue weighted by Crippen LogP contribution is 1.85. The van der Waals surface area contributed by atoms with Crippen LogP contribution in [0, 0.1) is 0 Å². The molecule has 58 valence electrons. The number of hydrogen-bond donors (Lipinski definition) is 1. The zero-order valence-corrected chi connectivity index (χ0v) is 6.55. The van der Waals surface area contributed by atoms with Crippen molar-refractivity contribution in [2.24, 2.45) is 5.10 Å². The molecule has 0 amide bonds. The average Bonchev–Trinajstić information content (AvgIpc) is 1.98. The van der Waals surface area contributed by atoms with Crippen LogP contribution in [0.15, 0.2) is 17.8 Å². The van der Waals surface area contributed by atoms with E-state index in [-0.39, 0.29) is 0 Å². The van der Waals surface area contributed by atoms with Gasteiger partial charge in [0.1, 0.15) is 0 Å². The molecule has 0 radical (unpaired) electrons. The van der Waals surface area contributed by atoms with E-state index in [4.69, 9.17) is 4.74 Å². The predicted octanol–water partition coefficient (Wildman–Crippen LogP) is 1.13. The van der Waals surface area contributed by atoms with E-state index in [1.54, 1.807) is 13.1 Å². The van der Waals surface area contributed by atoms with Crippen LogP contribution in [0.2, 0.25) is 0 Å². The zero-order valence-electron chi connectivity index (χ0n) is 6.55. The highest BCUT2D eigenvalue weighted by atomic mass is 16.5. The minimum absolute atomic E-state index is 0.546. The Bertz CT molecular complexity index is 121. The highest BCUT2D eigenvalue weighted by molar-refractivity contribution is 5.86. The summed E-state index contributed by atoms with van der Waals surface area (Å²) in [7, 11) is 1.72. The number of hydrazone groups is 1. The minimum Gasteiger partial charge on any atom is -0.477 e. The molecule has 0 heterocycles. The van der Waals surface area contributed by atoms with Gasteiger partial charge in [-0.05, 0) is 12.5 Å². The number of nitrogens with one attached hydrogen (secondary N) is 1. The Labute approximate surface area is 61.8 Å². The SMILES string of the molecule is C=C/C(=N\NC)OCCC. The first kappa shape index (κ1) is 9.01. The molecule has 0 unspecified atom stereocenters. The van der Waals surface area contributed by atoms with Crippen molar-refractivity contribution >= 4 is 5.90 Å². The van der Waals surface area contributed by atoms with Crippen LogP contribution in [0.5, 0.6) is 0 Å². The minimum atomic E-state index is 0.546. The molecule has 0 saturated carbocycles. The third-order valence-electron chi connectivity index (χ3n) is 0.851. The molecule has 10 heavy (non-hydrogen) atoms. The van der Waals surface area contributed by atoms with Crippen molar-refractivity contribution in [3.63, 3.8) is 0 Å². The van der Waals surface area contributed by atoms with E-state index in [1.165, 1.54) is 0 Å². The molecule has 0 rings (SSSR count). The van der Waals surface area contributed by atoms with Crippen LogP contribution in [0.4, 0.5) is 0 Å². The average molecular weight is 142 g/mol. The molecule has 1 N–H and O–H groups in total. The predicted molar refractivity (Wildman–Crippen MR) is 42.9 cm³/mol. The lowest BCUT2D eigenvalue weighted by atomic mass is 10.5. The summed E-state index contributed by atoms with van der Waals surface area (Å²) in [6.45, 7) is 6.27. The lowest BCUT2D eigenvalue weighted by Crippen LogP contribution is -2.07. The summed E-state index contributed by atoms with van der Waals surface area (Å²) in [4.78, 5) is 0. The number of nitrogens with zero attached hydrogens (tertiary/aromatic N) is 1. The molecule has 0 aromatic rings. The van der Waals surface area contributed by atoms with Crippen LogP contribution >= 0.6 is 0 Å². The molecule has 0 spiro atoms. The van der Waals surface area contributed by atoms with Gasteiger partial charge in [0.2, 0.25) is 5.90 Å². The second kappa shape index (κ2) is 6.13. The number of rotatable bonds is 4. The zero-order chi connectivity index (χ0) is 7.82. The van der Waals surface area contributed by atoms with E-state index in [0.29, 0.717) is 12.5 Å². The largest absolute Gasteiger partial charge is 0.477 e. The molecular weight excluding hydrogens is 128 g/mol. The van der Waals surface area contributed by atoms with E-state index in [0.717, 1.165) is 6.42 Å². The standard InChI is InChI=1S/C7H14N2O/c1-4-6-10-7(5-2)9-8-3/h5,8H,2,4,6H2,1,3H3/b9-7+. The summed E-state index contributed by atoms with van der Waals surface area (Å²) in [5, 5.41) is 3.81. The fourth-order valence-corrected chi connectivity index (χ4v) is 0.454. The molecule has 0 saturated heterocycles. The van der Waals surface area contributed by atoms with Crippen LogP contribution in [0.25, 0.3) is 0 Å². The first-order valence-corrected chi connectivity index (χ1v) is 3.34. The van der Waals surface area contributed by atoms with Gasteiger partial charge >= 0.3 is 0 Å². The summed E-state index contributed by atoms with van der Waals surface area (Å²) in [6, 6.07) is 0. The molecule has 0 aliphatic rings. The van der Waals surface area contributed by atoms with Crippen LogP contribution in [-0.4, -0.2) is 19.6 Å². The van der Waals surface area contributed by atoms with Gasteiger partial charge in [-0.3, -0.25) is 0 Å². The van der Waals surface area contributed by atoms with E-state index >= 15 is 0 Å². The first-order valence-electron chi connectivity index (χ1n) is 3.34. The summed E-state index contributed by atoms with van der Waals surface area (Å²) in [5.74, 6) is 0.546. The summed E-state index contributed by atoms with van der Waals surface area (Å²) in [5.41, 5.74) is 2.62. The number of hydrogen-bond acceptors (Lipinski definition) is 3. The fourth-order valence-electron chi connectivity index (χ4n) is 0.454. The Morgan fingerprint density at radius 2 is 2.50 bits per heavy atom. The molecular formula is C7H14N2O. The van der Waals surface area contributed by atoms with Crippen molar-refractivity contribution in [2.45, 2.75) is 13.3 Å². The van der Waals surface area contributed by atoms with Crippen LogP contribution in [0.1, 0.15) is 13.3 Å². The van der Waals surface area contributed by atoms with Crippen LogP contribution in [0.3, 0.4) is 0 Å². The summed E-state index contributed by atoms with van der Waals surface area (Å²) >= 11 is 0. The maximum absolute atomic E-state index is 5.15. The van der Waals surface area contributed by atoms with Gasteiger partial charge in [-0.2, -0.15) is 0 Å². The van der Waals surface area contributed by atoms with Crippen LogP contribution in [-0.2, 0) is 4.74 Å². The van der Waals surface area contributed by atoms with E-state index in [9.17, 15) is 0 Å². The van der Waals surface area contributed by atoms with Gasteiger partial charge in [0.15, 0.2) is 0 Å². The van der Waals surface area contributed by atoms with Gasteiger partial charge in [-0.15, -0.1) is 5.10 Å². The van der Waals surface area contributed by atoms with Gasteiger partial charge in [0.25, 0.3) is 0 Å². The number of ether oxygens (including phenoxy) is 1. The van der Waals surface area contributed by atoms with E-state index < -0.39 is 0 Å². The molecule has 0 aliphatic carbocycles. The van der Waals surface area contributed by atoms with Crippen molar-refractivity contribution in [2.75, 3.05) is 13.7 Å². The summed E-state index contributed by atoms with van der Waals surface area (Å²) in [6.07, 6.45) is 2.56. The van der Waals surface area contributed by atoms with Crippen molar-refractivity contribution < 1.29 is 4.74 Å². The molecule has 0 bridgehead atoms. The Balaban J connectivity index is 3.60. The van der Waals surface area contributed by atoms with Gasteiger partial charge in [-0.1, -0.05) is 13.5 Å². The Morgan fingerprint density at radius 3 is 2.90 bits per heavy atom. The molecule has 3 heteroatoms. The van der Waals surface area contributed by atoms with E-state index in [1.807, 2.05) is 6.92 Å². The lowest BCUT2D eigenvalue weighted by Gasteiger charge is -2.01. The Hall–Kier alpha value is -0.990. The maximum Gasteiger partial charge on any atom is 0.229 e. The molecule has 3 nitrogen and oxygen atoms in total. The topological polar surface area (TPSA) is 33.6 Å². The van der Waals surface area contributed by atoms with Crippen LogP contribution < -0.4 is 5.43 Å². The lowest BCUT2D eigenvalue weighted by molar-refractivity contribution is 0.304. The van der Waals surface area contributed by atoms with Gasteiger partial charge < -0.3 is 10.2 Å². The van der Waals surface area contributed by atoms with Crippen molar-refractivity contribution in [3.8, 4) is 0 Å². The molecule has 0 atom stereocenters. The Morgan fingerprint density at radius 1 is 1.80 bits per heavy atom. The highest BCUT2D eigenvalue weighted by Gasteiger charge is 1.89. The van der Waals surface area contributed by atoms with Gasteiger partial charge in [0.05, 0.1) is 6.61 Å². The van der Waals surface area contributed by atoms with Crippen molar-refractivity contribution in [3.05, 3.63) is 12.7 Å². The van der Waals surface area contributed by atoms with Crippen molar-refractivity contribution in [1.29, 1.82) is 0 Å². The van der Waals surface area contributed by atoms with E-state index in [2.05, 4.69) is 17.1 Å². The molecule has 0 aliphatic heterocycles. The third-order valence-corrected chi connectivity index (χ3v) is 0.851. The third kappa shape index (κ3) is 3.95. The van der Waals surface area contributed by atoms with Gasteiger partial charge in [-0.25, -0.2) is 0 Å². The maximum atomic E-state index is 5.15. The molecule has 0 aromatic heterocycles.